The molecule has 1 atom stereocenters. The third-order valence-electron chi connectivity index (χ3n) is 1.95. The van der Waals surface area contributed by atoms with Crippen molar-refractivity contribution in [1.82, 2.24) is 0 Å². The molecular weight excluding hydrogens is 156 g/mol. The monoisotopic (exact) mass is 170 g/mol. The van der Waals surface area contributed by atoms with Gasteiger partial charge < -0.3 is 14.3 Å². The standard InChI is InChI=1S/C9H14O3/c1-3-9(10,7-11-2)8-5-4-6-12-8/h4-6,10H,3,7H2,1-2H3. The Hall–Kier alpha value is -0.800. The van der Waals surface area contributed by atoms with E-state index in [1.807, 2.05) is 6.92 Å². The molecule has 3 nitrogen and oxygen atoms in total. The van der Waals surface area contributed by atoms with E-state index in [4.69, 9.17) is 9.15 Å². The van der Waals surface area contributed by atoms with E-state index in [1.165, 1.54) is 0 Å². The van der Waals surface area contributed by atoms with Crippen molar-refractivity contribution >= 4 is 0 Å². The molecule has 0 radical (unpaired) electrons. The second-order valence-corrected chi connectivity index (χ2v) is 2.80. The van der Waals surface area contributed by atoms with Gasteiger partial charge in [-0.1, -0.05) is 6.92 Å². The lowest BCUT2D eigenvalue weighted by Gasteiger charge is -2.22. The molecule has 0 aliphatic carbocycles. The first-order chi connectivity index (χ1) is 5.73. The summed E-state index contributed by atoms with van der Waals surface area (Å²) in [7, 11) is 1.56. The van der Waals surface area contributed by atoms with E-state index >= 15 is 0 Å². The Morgan fingerprint density at radius 3 is 2.83 bits per heavy atom. The highest BCUT2D eigenvalue weighted by atomic mass is 16.5. The van der Waals surface area contributed by atoms with E-state index < -0.39 is 5.60 Å². The largest absolute Gasteiger partial charge is 0.466 e. The van der Waals surface area contributed by atoms with Crippen molar-refractivity contribution in [3.05, 3.63) is 24.2 Å². The van der Waals surface area contributed by atoms with Crippen LogP contribution in [0.25, 0.3) is 0 Å². The minimum atomic E-state index is -0.974. The number of hydrogen-bond donors (Lipinski definition) is 1. The quantitative estimate of drug-likeness (QED) is 0.745. The third kappa shape index (κ3) is 1.68. The number of furan rings is 1. The minimum absolute atomic E-state index is 0.261. The van der Waals surface area contributed by atoms with Gasteiger partial charge in [0.15, 0.2) is 0 Å². The lowest BCUT2D eigenvalue weighted by atomic mass is 9.99. The second kappa shape index (κ2) is 3.74. The van der Waals surface area contributed by atoms with Crippen molar-refractivity contribution in [3.8, 4) is 0 Å². The van der Waals surface area contributed by atoms with E-state index in [2.05, 4.69) is 0 Å². The molecule has 0 fully saturated rings. The number of aliphatic hydroxyl groups is 1. The van der Waals surface area contributed by atoms with Gasteiger partial charge in [-0.05, 0) is 18.6 Å². The van der Waals surface area contributed by atoms with Gasteiger partial charge in [-0.25, -0.2) is 0 Å². The maximum atomic E-state index is 9.96. The van der Waals surface area contributed by atoms with Gasteiger partial charge in [0.2, 0.25) is 0 Å². The number of methoxy groups -OCH3 is 1. The molecule has 0 aliphatic heterocycles. The lowest BCUT2D eigenvalue weighted by Crippen LogP contribution is -2.29. The molecule has 0 aliphatic rings. The highest BCUT2D eigenvalue weighted by molar-refractivity contribution is 5.08. The van der Waals surface area contributed by atoms with Gasteiger partial charge >= 0.3 is 0 Å². The predicted molar refractivity (Wildman–Crippen MR) is 44.8 cm³/mol. The Bertz CT molecular complexity index is 218. The summed E-state index contributed by atoms with van der Waals surface area (Å²) in [5, 5.41) is 9.96. The predicted octanol–water partition coefficient (Wildman–Crippen LogP) is 1.52. The van der Waals surface area contributed by atoms with Crippen molar-refractivity contribution in [2.75, 3.05) is 13.7 Å². The first kappa shape index (κ1) is 9.29. The Balaban J connectivity index is 2.80. The van der Waals surface area contributed by atoms with Crippen molar-refractivity contribution in [2.24, 2.45) is 0 Å². The smallest absolute Gasteiger partial charge is 0.145 e. The molecule has 0 saturated carbocycles. The van der Waals surface area contributed by atoms with Gasteiger partial charge in [0.1, 0.15) is 11.4 Å². The summed E-state index contributed by atoms with van der Waals surface area (Å²) in [4.78, 5) is 0. The van der Waals surface area contributed by atoms with Crippen LogP contribution in [0.2, 0.25) is 0 Å². The molecule has 0 bridgehead atoms. The van der Waals surface area contributed by atoms with E-state index in [-0.39, 0.29) is 6.61 Å². The maximum Gasteiger partial charge on any atom is 0.145 e. The van der Waals surface area contributed by atoms with E-state index in [0.29, 0.717) is 12.2 Å². The van der Waals surface area contributed by atoms with Gasteiger partial charge in [0.05, 0.1) is 12.9 Å². The van der Waals surface area contributed by atoms with Crippen LogP contribution in [0.15, 0.2) is 22.8 Å². The highest BCUT2D eigenvalue weighted by Gasteiger charge is 2.29. The van der Waals surface area contributed by atoms with Crippen LogP contribution in [-0.4, -0.2) is 18.8 Å². The third-order valence-corrected chi connectivity index (χ3v) is 1.95. The van der Waals surface area contributed by atoms with Crippen LogP contribution in [0.1, 0.15) is 19.1 Å². The van der Waals surface area contributed by atoms with Crippen molar-refractivity contribution in [3.63, 3.8) is 0 Å². The Labute approximate surface area is 72.0 Å². The molecule has 0 spiro atoms. The second-order valence-electron chi connectivity index (χ2n) is 2.80. The van der Waals surface area contributed by atoms with E-state index in [1.54, 1.807) is 25.5 Å². The maximum absolute atomic E-state index is 9.96. The molecule has 1 aromatic rings. The molecule has 1 rings (SSSR count). The Kier molecular flexibility index (Phi) is 2.89. The number of ether oxygens (including phenoxy) is 1. The summed E-state index contributed by atoms with van der Waals surface area (Å²) < 4.78 is 10.0. The molecule has 0 saturated heterocycles. The van der Waals surface area contributed by atoms with Crippen LogP contribution < -0.4 is 0 Å². The van der Waals surface area contributed by atoms with Crippen LogP contribution in [0.5, 0.6) is 0 Å². The summed E-state index contributed by atoms with van der Waals surface area (Å²) in [6, 6.07) is 3.51. The molecule has 3 heteroatoms. The van der Waals surface area contributed by atoms with Gasteiger partial charge in [0.25, 0.3) is 0 Å². The molecule has 12 heavy (non-hydrogen) atoms. The van der Waals surface area contributed by atoms with Gasteiger partial charge in [-0.15, -0.1) is 0 Å². The fourth-order valence-electron chi connectivity index (χ4n) is 1.13. The number of rotatable bonds is 4. The van der Waals surface area contributed by atoms with Gasteiger partial charge in [-0.3, -0.25) is 0 Å². The molecule has 1 N–H and O–H groups in total. The summed E-state index contributed by atoms with van der Waals surface area (Å²) in [6.07, 6.45) is 2.12. The topological polar surface area (TPSA) is 42.6 Å². The van der Waals surface area contributed by atoms with Crippen molar-refractivity contribution in [2.45, 2.75) is 18.9 Å². The molecule has 1 aromatic heterocycles. The zero-order chi connectivity index (χ0) is 9.03. The van der Waals surface area contributed by atoms with Crippen LogP contribution in [0, 0.1) is 0 Å². The van der Waals surface area contributed by atoms with Crippen molar-refractivity contribution < 1.29 is 14.3 Å². The first-order valence-corrected chi connectivity index (χ1v) is 3.98. The Morgan fingerprint density at radius 1 is 1.67 bits per heavy atom. The summed E-state index contributed by atoms with van der Waals surface area (Å²) in [5.74, 6) is 0.562. The minimum Gasteiger partial charge on any atom is -0.466 e. The summed E-state index contributed by atoms with van der Waals surface area (Å²) in [5.41, 5.74) is -0.974. The zero-order valence-electron chi connectivity index (χ0n) is 7.41. The fraction of sp³-hybridized carbons (Fsp3) is 0.556. The average Bonchev–Trinajstić information content (AvgIpc) is 2.57. The molecule has 0 amide bonds. The molecule has 1 unspecified atom stereocenters. The van der Waals surface area contributed by atoms with E-state index in [9.17, 15) is 5.11 Å². The normalized spacial score (nSPS) is 15.9. The molecule has 0 aromatic carbocycles. The van der Waals surface area contributed by atoms with Gasteiger partial charge in [0, 0.05) is 7.11 Å². The van der Waals surface area contributed by atoms with Crippen LogP contribution in [0.4, 0.5) is 0 Å². The average molecular weight is 170 g/mol. The molecule has 68 valence electrons. The molecule has 1 heterocycles. The SMILES string of the molecule is CCC(O)(COC)c1ccco1. The summed E-state index contributed by atoms with van der Waals surface area (Å²) in [6.45, 7) is 2.15. The molecular formula is C9H14O3. The highest BCUT2D eigenvalue weighted by Crippen LogP contribution is 2.25. The first-order valence-electron chi connectivity index (χ1n) is 3.98. The Morgan fingerprint density at radius 2 is 2.42 bits per heavy atom. The summed E-state index contributed by atoms with van der Waals surface area (Å²) >= 11 is 0. The van der Waals surface area contributed by atoms with Crippen LogP contribution in [0.3, 0.4) is 0 Å². The van der Waals surface area contributed by atoms with Crippen LogP contribution >= 0.6 is 0 Å². The van der Waals surface area contributed by atoms with Crippen molar-refractivity contribution in [1.29, 1.82) is 0 Å². The van der Waals surface area contributed by atoms with Crippen LogP contribution in [-0.2, 0) is 10.3 Å². The number of hydrogen-bond acceptors (Lipinski definition) is 3. The fourth-order valence-corrected chi connectivity index (χ4v) is 1.13. The van der Waals surface area contributed by atoms with E-state index in [0.717, 1.165) is 0 Å². The lowest BCUT2D eigenvalue weighted by molar-refractivity contribution is -0.0534. The zero-order valence-corrected chi connectivity index (χ0v) is 7.41. The van der Waals surface area contributed by atoms with Gasteiger partial charge in [-0.2, -0.15) is 0 Å².